The van der Waals surface area contributed by atoms with Crippen LogP contribution in [-0.4, -0.2) is 75.6 Å². The van der Waals surface area contributed by atoms with Gasteiger partial charge in [0.05, 0.1) is 11.3 Å². The Morgan fingerprint density at radius 1 is 1.21 bits per heavy atom. The number of sulfonamides is 2. The van der Waals surface area contributed by atoms with Crippen molar-refractivity contribution >= 4 is 31.6 Å². The van der Waals surface area contributed by atoms with Crippen LogP contribution < -0.4 is 25.8 Å². The Kier molecular flexibility index (Phi) is 6.47. The third kappa shape index (κ3) is 4.75. The number of hydrogen-bond acceptors (Lipinski definition) is 10. The summed E-state index contributed by atoms with van der Waals surface area (Å²) < 4.78 is 54.4. The number of piperidine rings is 1. The van der Waals surface area contributed by atoms with Crippen LogP contribution in [0, 0.1) is 5.92 Å². The second-order valence-electron chi connectivity index (χ2n) is 8.02. The first-order valence-corrected chi connectivity index (χ1v) is 13.3. The molecule has 16 heteroatoms. The van der Waals surface area contributed by atoms with E-state index in [1.54, 1.807) is 0 Å². The lowest BCUT2D eigenvalue weighted by molar-refractivity contribution is -0.120. The van der Waals surface area contributed by atoms with Crippen LogP contribution in [0.1, 0.15) is 19.3 Å². The fourth-order valence-corrected chi connectivity index (χ4v) is 7.01. The van der Waals surface area contributed by atoms with Crippen molar-refractivity contribution < 1.29 is 21.6 Å². The van der Waals surface area contributed by atoms with Gasteiger partial charge < -0.3 is 16.0 Å². The van der Waals surface area contributed by atoms with Crippen LogP contribution in [0.4, 0.5) is 5.69 Å². The number of aromatic amines is 1. The van der Waals surface area contributed by atoms with E-state index in [0.29, 0.717) is 32.5 Å². The summed E-state index contributed by atoms with van der Waals surface area (Å²) in [4.78, 5) is 13.0. The standard InChI is InChI=1S/C17H25N9O5S2/c18-8-10-4-6-26(14(27)7-10)12-1-2-13(33(30,31)23-11-3-5-20-9-11)16(32(19,28)29)15(12)17-21-24-25-22-17/h1-2,10-11,20,23H,3-9,18H2,(H2,19,28,29)(H,21,22,24,25)/t10?,11-/m1/s1. The van der Waals surface area contributed by atoms with Crippen molar-refractivity contribution in [2.24, 2.45) is 16.8 Å². The topological polar surface area (TPSA) is 219 Å². The molecule has 2 aliphatic rings. The molecular weight excluding hydrogens is 474 g/mol. The van der Waals surface area contributed by atoms with E-state index >= 15 is 0 Å². The first-order chi connectivity index (χ1) is 15.6. The van der Waals surface area contributed by atoms with E-state index in [2.05, 4.69) is 30.7 Å². The van der Waals surface area contributed by atoms with Gasteiger partial charge in [0.15, 0.2) is 0 Å². The average Bonchev–Trinajstić information content (AvgIpc) is 3.46. The van der Waals surface area contributed by atoms with E-state index in [-0.39, 0.29) is 41.9 Å². The SMILES string of the molecule is NCC1CCN(c2ccc(S(=O)(=O)N[C@@H]3CCNC3)c(S(N)(=O)=O)c2-c2nn[nH]n2)C(=O)C1. The van der Waals surface area contributed by atoms with Gasteiger partial charge in [-0.3, -0.25) is 4.79 Å². The predicted molar refractivity (Wildman–Crippen MR) is 117 cm³/mol. The summed E-state index contributed by atoms with van der Waals surface area (Å²) in [7, 11) is -8.92. The van der Waals surface area contributed by atoms with E-state index in [9.17, 15) is 21.6 Å². The first-order valence-electron chi connectivity index (χ1n) is 10.3. The Balaban J connectivity index is 1.91. The third-order valence-electron chi connectivity index (χ3n) is 5.77. The minimum absolute atomic E-state index is 0.00367. The lowest BCUT2D eigenvalue weighted by Gasteiger charge is -2.32. The molecule has 1 aromatic heterocycles. The number of carbonyl (C=O) groups is 1. The molecule has 1 unspecified atom stereocenters. The molecule has 1 amide bonds. The minimum atomic E-state index is -4.62. The number of primary sulfonamides is 1. The fraction of sp³-hybridized carbons (Fsp3) is 0.529. The predicted octanol–water partition coefficient (Wildman–Crippen LogP) is -2.14. The molecule has 14 nitrogen and oxygen atoms in total. The molecule has 0 aliphatic carbocycles. The fourth-order valence-electron chi connectivity index (χ4n) is 4.15. The summed E-state index contributed by atoms with van der Waals surface area (Å²) in [6.45, 7) is 1.64. The third-order valence-corrected chi connectivity index (χ3v) is 8.46. The van der Waals surface area contributed by atoms with E-state index in [4.69, 9.17) is 10.9 Å². The van der Waals surface area contributed by atoms with Crippen molar-refractivity contribution in [3.8, 4) is 11.4 Å². The lowest BCUT2D eigenvalue weighted by atomic mass is 9.95. The molecule has 4 rings (SSSR count). The molecule has 2 atom stereocenters. The van der Waals surface area contributed by atoms with Crippen LogP contribution in [-0.2, 0) is 24.8 Å². The van der Waals surface area contributed by atoms with Crippen LogP contribution in [0.15, 0.2) is 21.9 Å². The summed E-state index contributed by atoms with van der Waals surface area (Å²) >= 11 is 0. The minimum Gasteiger partial charge on any atom is -0.330 e. The second kappa shape index (κ2) is 9.03. The van der Waals surface area contributed by atoms with Crippen molar-refractivity contribution in [3.05, 3.63) is 12.1 Å². The van der Waals surface area contributed by atoms with Gasteiger partial charge in [-0.15, -0.1) is 10.2 Å². The van der Waals surface area contributed by atoms with Gasteiger partial charge in [-0.05, 0) is 49.2 Å². The van der Waals surface area contributed by atoms with E-state index in [1.165, 1.54) is 11.0 Å². The maximum Gasteiger partial charge on any atom is 0.242 e. The molecule has 1 aromatic carbocycles. The summed E-state index contributed by atoms with van der Waals surface area (Å²) in [5.41, 5.74) is 5.61. The molecular formula is C17H25N9O5S2. The number of H-pyrrole nitrogens is 1. The number of anilines is 1. The smallest absolute Gasteiger partial charge is 0.242 e. The molecule has 2 aromatic rings. The Hall–Kier alpha value is -2.50. The van der Waals surface area contributed by atoms with E-state index < -0.39 is 35.9 Å². The highest BCUT2D eigenvalue weighted by Gasteiger charge is 2.36. The quantitative estimate of drug-likeness (QED) is 0.278. The average molecular weight is 500 g/mol. The molecule has 3 heterocycles. The Morgan fingerprint density at radius 3 is 2.58 bits per heavy atom. The zero-order valence-corrected chi connectivity index (χ0v) is 19.2. The molecule has 33 heavy (non-hydrogen) atoms. The summed E-state index contributed by atoms with van der Waals surface area (Å²) in [5.74, 6) is -0.487. The molecule has 2 aliphatic heterocycles. The maximum atomic E-state index is 13.2. The molecule has 2 fully saturated rings. The van der Waals surface area contributed by atoms with Crippen LogP contribution in [0.25, 0.3) is 11.4 Å². The number of benzene rings is 1. The highest BCUT2D eigenvalue weighted by Crippen LogP contribution is 2.39. The Labute approximate surface area is 190 Å². The Bertz CT molecular complexity index is 1240. The summed E-state index contributed by atoms with van der Waals surface area (Å²) in [5, 5.41) is 21.9. The van der Waals surface area contributed by atoms with Crippen molar-refractivity contribution in [3.63, 3.8) is 0 Å². The monoisotopic (exact) mass is 499 g/mol. The molecule has 0 bridgehead atoms. The number of amides is 1. The second-order valence-corrected chi connectivity index (χ2v) is 11.2. The van der Waals surface area contributed by atoms with Gasteiger partial charge in [0.25, 0.3) is 0 Å². The van der Waals surface area contributed by atoms with Gasteiger partial charge in [0.1, 0.15) is 9.79 Å². The van der Waals surface area contributed by atoms with Crippen molar-refractivity contribution in [2.75, 3.05) is 31.1 Å². The van der Waals surface area contributed by atoms with Crippen LogP contribution in [0.3, 0.4) is 0 Å². The number of nitrogens with one attached hydrogen (secondary N) is 3. The van der Waals surface area contributed by atoms with Gasteiger partial charge in [0.2, 0.25) is 31.8 Å². The van der Waals surface area contributed by atoms with Crippen molar-refractivity contribution in [1.29, 1.82) is 0 Å². The summed E-state index contributed by atoms with van der Waals surface area (Å²) in [6.07, 6.45) is 1.31. The molecule has 2 saturated heterocycles. The number of aromatic nitrogens is 4. The van der Waals surface area contributed by atoms with Crippen molar-refractivity contribution in [2.45, 2.75) is 35.1 Å². The molecule has 7 N–H and O–H groups in total. The molecule has 180 valence electrons. The number of nitrogens with two attached hydrogens (primary N) is 2. The lowest BCUT2D eigenvalue weighted by Crippen LogP contribution is -2.41. The van der Waals surface area contributed by atoms with E-state index in [0.717, 1.165) is 6.07 Å². The zero-order chi connectivity index (χ0) is 23.8. The maximum absolute atomic E-state index is 13.2. The largest absolute Gasteiger partial charge is 0.330 e. The van der Waals surface area contributed by atoms with Gasteiger partial charge in [-0.2, -0.15) is 5.21 Å². The normalized spacial score (nSPS) is 22.1. The number of tetrazole rings is 1. The van der Waals surface area contributed by atoms with Gasteiger partial charge in [-0.25, -0.2) is 26.7 Å². The number of hydrogen-bond donors (Lipinski definition) is 5. The Morgan fingerprint density at radius 2 is 2.00 bits per heavy atom. The highest BCUT2D eigenvalue weighted by atomic mass is 32.2. The zero-order valence-electron chi connectivity index (χ0n) is 17.6. The molecule has 0 radical (unpaired) electrons. The first kappa shape index (κ1) is 23.7. The number of carbonyl (C=O) groups excluding carboxylic acids is 1. The van der Waals surface area contributed by atoms with Crippen LogP contribution in [0.5, 0.6) is 0 Å². The van der Waals surface area contributed by atoms with Crippen LogP contribution in [0.2, 0.25) is 0 Å². The summed E-state index contributed by atoms with van der Waals surface area (Å²) in [6, 6.07) is 2.09. The van der Waals surface area contributed by atoms with E-state index in [1.807, 2.05) is 0 Å². The van der Waals surface area contributed by atoms with Gasteiger partial charge >= 0.3 is 0 Å². The van der Waals surface area contributed by atoms with Gasteiger partial charge in [-0.1, -0.05) is 0 Å². The molecule has 0 spiro atoms. The number of rotatable bonds is 7. The van der Waals surface area contributed by atoms with Crippen LogP contribution >= 0.6 is 0 Å². The number of nitrogens with zero attached hydrogens (tertiary/aromatic N) is 4. The molecule has 0 saturated carbocycles. The van der Waals surface area contributed by atoms with Gasteiger partial charge in [0, 0.05) is 25.6 Å². The highest BCUT2D eigenvalue weighted by molar-refractivity contribution is 7.92. The van der Waals surface area contributed by atoms with Crippen molar-refractivity contribution in [1.82, 2.24) is 30.7 Å².